The Morgan fingerprint density at radius 3 is 2.03 bits per heavy atom. The second-order valence-corrected chi connectivity index (χ2v) is 8.39. The van der Waals surface area contributed by atoms with E-state index in [4.69, 9.17) is 4.74 Å². The molecule has 0 aliphatic rings. The summed E-state index contributed by atoms with van der Waals surface area (Å²) in [4.78, 5) is 0. The monoisotopic (exact) mass is 412 g/mol. The SMILES string of the molecule is CCCCCCOc1ccc(C#Cc2ccc3cc(CCCCCC)ccc3c2)cc1. The summed E-state index contributed by atoms with van der Waals surface area (Å²) in [6.07, 6.45) is 11.3. The zero-order valence-corrected chi connectivity index (χ0v) is 19.3. The van der Waals surface area contributed by atoms with E-state index in [1.807, 2.05) is 24.3 Å². The van der Waals surface area contributed by atoms with Gasteiger partial charge < -0.3 is 4.74 Å². The molecule has 0 amide bonds. The summed E-state index contributed by atoms with van der Waals surface area (Å²) in [5.74, 6) is 7.52. The third-order valence-electron chi connectivity index (χ3n) is 5.70. The summed E-state index contributed by atoms with van der Waals surface area (Å²) in [5, 5.41) is 2.56. The van der Waals surface area contributed by atoms with Gasteiger partial charge in [-0.05, 0) is 72.0 Å². The number of unbranched alkanes of at least 4 members (excludes halogenated alkanes) is 6. The number of hydrogen-bond acceptors (Lipinski definition) is 1. The third-order valence-corrected chi connectivity index (χ3v) is 5.70. The molecule has 0 N–H and O–H groups in total. The second kappa shape index (κ2) is 12.9. The maximum absolute atomic E-state index is 5.82. The van der Waals surface area contributed by atoms with Gasteiger partial charge in [-0.25, -0.2) is 0 Å². The van der Waals surface area contributed by atoms with Crippen molar-refractivity contribution in [1.82, 2.24) is 0 Å². The summed E-state index contributed by atoms with van der Waals surface area (Å²) >= 11 is 0. The van der Waals surface area contributed by atoms with Gasteiger partial charge in [-0.15, -0.1) is 0 Å². The van der Waals surface area contributed by atoms with Crippen molar-refractivity contribution in [3.63, 3.8) is 0 Å². The Hall–Kier alpha value is -2.72. The van der Waals surface area contributed by atoms with Crippen molar-refractivity contribution in [2.24, 2.45) is 0 Å². The Bertz CT molecular complexity index is 988. The highest BCUT2D eigenvalue weighted by Gasteiger charge is 1.99. The average molecular weight is 413 g/mol. The van der Waals surface area contributed by atoms with Crippen LogP contribution in [0.25, 0.3) is 10.8 Å². The van der Waals surface area contributed by atoms with Crippen molar-refractivity contribution in [2.75, 3.05) is 6.61 Å². The second-order valence-electron chi connectivity index (χ2n) is 8.39. The molecule has 0 radical (unpaired) electrons. The van der Waals surface area contributed by atoms with Crippen LogP contribution in [0.5, 0.6) is 5.75 Å². The van der Waals surface area contributed by atoms with Gasteiger partial charge in [0.2, 0.25) is 0 Å². The first-order valence-corrected chi connectivity index (χ1v) is 12.1. The Balaban J connectivity index is 1.56. The zero-order valence-electron chi connectivity index (χ0n) is 19.3. The Kier molecular flexibility index (Phi) is 9.52. The van der Waals surface area contributed by atoms with Crippen LogP contribution in [0.4, 0.5) is 0 Å². The molecule has 0 saturated carbocycles. The number of hydrogen-bond donors (Lipinski definition) is 0. The van der Waals surface area contributed by atoms with Crippen molar-refractivity contribution in [1.29, 1.82) is 0 Å². The van der Waals surface area contributed by atoms with E-state index >= 15 is 0 Å². The van der Waals surface area contributed by atoms with Gasteiger partial charge in [0.25, 0.3) is 0 Å². The molecular weight excluding hydrogens is 376 g/mol. The van der Waals surface area contributed by atoms with Crippen LogP contribution >= 0.6 is 0 Å². The van der Waals surface area contributed by atoms with Crippen LogP contribution in [0, 0.1) is 11.8 Å². The topological polar surface area (TPSA) is 9.23 Å². The number of ether oxygens (including phenoxy) is 1. The molecule has 0 fully saturated rings. The standard InChI is InChI=1S/C30H36O/c1-3-5-7-9-11-26-14-18-29-24-27(15-19-28(29)23-26)13-12-25-16-20-30(21-17-25)31-22-10-8-6-4-2/h14-21,23-24H,3-11,22H2,1-2H3. The van der Waals surface area contributed by atoms with Gasteiger partial charge in [0.15, 0.2) is 0 Å². The average Bonchev–Trinajstić information content (AvgIpc) is 2.81. The van der Waals surface area contributed by atoms with Crippen molar-refractivity contribution in [2.45, 2.75) is 71.6 Å². The molecule has 0 aliphatic heterocycles. The maximum atomic E-state index is 5.82. The molecule has 0 aromatic heterocycles. The van der Waals surface area contributed by atoms with Gasteiger partial charge in [-0.3, -0.25) is 0 Å². The highest BCUT2D eigenvalue weighted by Crippen LogP contribution is 2.19. The van der Waals surface area contributed by atoms with Gasteiger partial charge in [0.1, 0.15) is 5.75 Å². The number of aryl methyl sites for hydroxylation is 1. The van der Waals surface area contributed by atoms with Crippen LogP contribution < -0.4 is 4.74 Å². The van der Waals surface area contributed by atoms with E-state index in [0.717, 1.165) is 29.9 Å². The lowest BCUT2D eigenvalue weighted by molar-refractivity contribution is 0.305. The predicted octanol–water partition coefficient (Wildman–Crippen LogP) is 8.32. The Morgan fingerprint density at radius 1 is 0.613 bits per heavy atom. The molecule has 0 spiro atoms. The van der Waals surface area contributed by atoms with Crippen molar-refractivity contribution in [3.05, 3.63) is 77.4 Å². The molecule has 1 heteroatoms. The quantitative estimate of drug-likeness (QED) is 0.227. The molecule has 0 atom stereocenters. The molecule has 0 heterocycles. The highest BCUT2D eigenvalue weighted by atomic mass is 16.5. The van der Waals surface area contributed by atoms with Gasteiger partial charge >= 0.3 is 0 Å². The number of benzene rings is 3. The van der Waals surface area contributed by atoms with E-state index in [0.29, 0.717) is 0 Å². The molecule has 0 unspecified atom stereocenters. The molecule has 0 aliphatic carbocycles. The van der Waals surface area contributed by atoms with E-state index in [-0.39, 0.29) is 0 Å². The van der Waals surface area contributed by atoms with Crippen LogP contribution in [0.3, 0.4) is 0 Å². The van der Waals surface area contributed by atoms with Crippen molar-refractivity contribution >= 4 is 10.8 Å². The zero-order chi connectivity index (χ0) is 21.7. The number of rotatable bonds is 11. The van der Waals surface area contributed by atoms with Crippen LogP contribution in [-0.4, -0.2) is 6.61 Å². The Labute approximate surface area is 188 Å². The minimum absolute atomic E-state index is 0.794. The molecule has 31 heavy (non-hydrogen) atoms. The lowest BCUT2D eigenvalue weighted by atomic mass is 10.0. The van der Waals surface area contributed by atoms with E-state index in [9.17, 15) is 0 Å². The predicted molar refractivity (Wildman–Crippen MR) is 134 cm³/mol. The lowest BCUT2D eigenvalue weighted by Gasteiger charge is -2.05. The third kappa shape index (κ3) is 7.80. The molecule has 3 aromatic rings. The van der Waals surface area contributed by atoms with Crippen LogP contribution in [-0.2, 0) is 6.42 Å². The number of fused-ring (bicyclic) bond motifs is 1. The van der Waals surface area contributed by atoms with Crippen molar-refractivity contribution < 1.29 is 4.74 Å². The maximum Gasteiger partial charge on any atom is 0.119 e. The lowest BCUT2D eigenvalue weighted by Crippen LogP contribution is -1.96. The molecule has 0 bridgehead atoms. The first kappa shape index (κ1) is 23.0. The molecule has 3 aromatic carbocycles. The van der Waals surface area contributed by atoms with Crippen LogP contribution in [0.15, 0.2) is 60.7 Å². The van der Waals surface area contributed by atoms with Gasteiger partial charge in [0, 0.05) is 11.1 Å². The molecule has 0 saturated heterocycles. The minimum atomic E-state index is 0.794. The fourth-order valence-electron chi connectivity index (χ4n) is 3.78. The van der Waals surface area contributed by atoms with Crippen LogP contribution in [0.1, 0.15) is 81.9 Å². The van der Waals surface area contributed by atoms with Crippen LogP contribution in [0.2, 0.25) is 0 Å². The summed E-state index contributed by atoms with van der Waals surface area (Å²) in [6.45, 7) is 5.28. The summed E-state index contributed by atoms with van der Waals surface area (Å²) in [7, 11) is 0. The molecule has 1 nitrogen and oxygen atoms in total. The fraction of sp³-hybridized carbons (Fsp3) is 0.400. The summed E-state index contributed by atoms with van der Waals surface area (Å²) in [5.41, 5.74) is 3.51. The highest BCUT2D eigenvalue weighted by molar-refractivity contribution is 5.84. The Morgan fingerprint density at radius 2 is 1.26 bits per heavy atom. The molecule has 3 rings (SSSR count). The fourth-order valence-corrected chi connectivity index (χ4v) is 3.78. The normalized spacial score (nSPS) is 10.6. The summed E-state index contributed by atoms with van der Waals surface area (Å²) in [6, 6.07) is 21.5. The first-order valence-electron chi connectivity index (χ1n) is 12.1. The van der Waals surface area contributed by atoms with Gasteiger partial charge in [0.05, 0.1) is 6.61 Å². The summed E-state index contributed by atoms with van der Waals surface area (Å²) < 4.78 is 5.82. The smallest absolute Gasteiger partial charge is 0.119 e. The van der Waals surface area contributed by atoms with Gasteiger partial charge in [-0.2, -0.15) is 0 Å². The largest absolute Gasteiger partial charge is 0.494 e. The van der Waals surface area contributed by atoms with E-state index in [1.54, 1.807) is 0 Å². The van der Waals surface area contributed by atoms with Gasteiger partial charge in [-0.1, -0.05) is 88.5 Å². The van der Waals surface area contributed by atoms with Crippen molar-refractivity contribution in [3.8, 4) is 17.6 Å². The van der Waals surface area contributed by atoms with E-state index in [2.05, 4.69) is 62.1 Å². The molecule has 162 valence electrons. The minimum Gasteiger partial charge on any atom is -0.494 e. The first-order chi connectivity index (χ1) is 15.3. The molecular formula is C30H36O. The van der Waals surface area contributed by atoms with E-state index < -0.39 is 0 Å². The van der Waals surface area contributed by atoms with E-state index in [1.165, 1.54) is 67.7 Å².